The summed E-state index contributed by atoms with van der Waals surface area (Å²) in [5.74, 6) is 1.02. The molecule has 0 saturated carbocycles. The molecule has 1 N–H and O–H groups in total. The largest absolute Gasteiger partial charge is 0.486 e. The molecule has 0 bridgehead atoms. The normalized spacial score (nSPS) is 17.6. The molecule has 2 unspecified atom stereocenters. The highest BCUT2D eigenvalue weighted by atomic mass is 35.5. The highest BCUT2D eigenvalue weighted by Gasteiger charge is 2.21. The van der Waals surface area contributed by atoms with Gasteiger partial charge < -0.3 is 9.47 Å². The second-order valence-corrected chi connectivity index (χ2v) is 7.30. The first-order valence-electron chi connectivity index (χ1n) is 6.44. The van der Waals surface area contributed by atoms with Gasteiger partial charge in [0.05, 0.1) is 4.90 Å². The maximum absolute atomic E-state index is 12.3. The van der Waals surface area contributed by atoms with Crippen molar-refractivity contribution >= 4 is 21.6 Å². The van der Waals surface area contributed by atoms with Crippen LogP contribution in [0, 0.1) is 0 Å². The highest BCUT2D eigenvalue weighted by Crippen LogP contribution is 2.32. The lowest BCUT2D eigenvalue weighted by Crippen LogP contribution is -2.34. The minimum Gasteiger partial charge on any atom is -0.486 e. The SMILES string of the molecule is CC(Cl)CC(C)NS(=O)(=O)c1ccc2c(c1)OCCO2. The minimum atomic E-state index is -3.58. The van der Waals surface area contributed by atoms with Crippen LogP contribution in [0.5, 0.6) is 11.5 Å². The second kappa shape index (κ2) is 6.20. The van der Waals surface area contributed by atoms with E-state index in [4.69, 9.17) is 21.1 Å². The van der Waals surface area contributed by atoms with Crippen LogP contribution in [0.2, 0.25) is 0 Å². The molecular weight excluding hydrogens is 302 g/mol. The van der Waals surface area contributed by atoms with E-state index in [0.717, 1.165) is 0 Å². The number of alkyl halides is 1. The predicted molar refractivity (Wildman–Crippen MR) is 77.1 cm³/mol. The Morgan fingerprint density at radius 3 is 2.55 bits per heavy atom. The first-order valence-corrected chi connectivity index (χ1v) is 8.36. The summed E-state index contributed by atoms with van der Waals surface area (Å²) in [5.41, 5.74) is 0. The van der Waals surface area contributed by atoms with Crippen LogP contribution in [0.4, 0.5) is 0 Å². The predicted octanol–water partition coefficient (Wildman–Crippen LogP) is 2.14. The lowest BCUT2D eigenvalue weighted by molar-refractivity contribution is 0.171. The Labute approximate surface area is 124 Å². The molecule has 2 atom stereocenters. The number of hydrogen-bond acceptors (Lipinski definition) is 4. The zero-order valence-electron chi connectivity index (χ0n) is 11.4. The maximum atomic E-state index is 12.3. The van der Waals surface area contributed by atoms with Gasteiger partial charge in [-0.3, -0.25) is 0 Å². The van der Waals surface area contributed by atoms with Crippen molar-refractivity contribution in [1.82, 2.24) is 4.72 Å². The lowest BCUT2D eigenvalue weighted by atomic mass is 10.2. The van der Waals surface area contributed by atoms with E-state index in [1.165, 1.54) is 12.1 Å². The van der Waals surface area contributed by atoms with Gasteiger partial charge >= 0.3 is 0 Å². The summed E-state index contributed by atoms with van der Waals surface area (Å²) in [6.45, 7) is 4.51. The number of benzene rings is 1. The monoisotopic (exact) mass is 319 g/mol. The molecule has 2 rings (SSSR count). The molecule has 1 aliphatic heterocycles. The van der Waals surface area contributed by atoms with Gasteiger partial charge in [-0.25, -0.2) is 13.1 Å². The third-order valence-electron chi connectivity index (χ3n) is 2.86. The summed E-state index contributed by atoms with van der Waals surface area (Å²) in [6.07, 6.45) is 0.561. The molecule has 0 spiro atoms. The van der Waals surface area contributed by atoms with Crippen molar-refractivity contribution in [3.8, 4) is 11.5 Å². The number of rotatable bonds is 5. The Kier molecular flexibility index (Phi) is 4.78. The van der Waals surface area contributed by atoms with Crippen LogP contribution < -0.4 is 14.2 Å². The third kappa shape index (κ3) is 3.77. The second-order valence-electron chi connectivity index (χ2n) is 4.84. The Balaban J connectivity index is 2.17. The lowest BCUT2D eigenvalue weighted by Gasteiger charge is -2.20. The van der Waals surface area contributed by atoms with Gasteiger partial charge in [-0.05, 0) is 32.4 Å². The number of hydrogen-bond donors (Lipinski definition) is 1. The van der Waals surface area contributed by atoms with Crippen molar-refractivity contribution in [2.75, 3.05) is 13.2 Å². The summed E-state index contributed by atoms with van der Waals surface area (Å²) in [7, 11) is -3.58. The van der Waals surface area contributed by atoms with Gasteiger partial charge in [0.2, 0.25) is 10.0 Å². The van der Waals surface area contributed by atoms with Crippen LogP contribution in [-0.2, 0) is 10.0 Å². The van der Waals surface area contributed by atoms with Crippen LogP contribution >= 0.6 is 11.6 Å². The molecule has 1 aliphatic rings. The van der Waals surface area contributed by atoms with Gasteiger partial charge in [-0.1, -0.05) is 0 Å². The number of nitrogens with one attached hydrogen (secondary N) is 1. The van der Waals surface area contributed by atoms with E-state index in [2.05, 4.69) is 4.72 Å². The Hall–Kier alpha value is -0.980. The molecule has 0 fully saturated rings. The Morgan fingerprint density at radius 2 is 1.90 bits per heavy atom. The van der Waals surface area contributed by atoms with Crippen LogP contribution in [0.1, 0.15) is 20.3 Å². The van der Waals surface area contributed by atoms with Crippen LogP contribution in [0.15, 0.2) is 23.1 Å². The molecule has 1 aromatic carbocycles. The maximum Gasteiger partial charge on any atom is 0.240 e. The smallest absolute Gasteiger partial charge is 0.240 e. The third-order valence-corrected chi connectivity index (χ3v) is 4.62. The van der Waals surface area contributed by atoms with E-state index in [0.29, 0.717) is 31.1 Å². The van der Waals surface area contributed by atoms with Gasteiger partial charge in [0.1, 0.15) is 13.2 Å². The van der Waals surface area contributed by atoms with Gasteiger partial charge in [0, 0.05) is 17.5 Å². The summed E-state index contributed by atoms with van der Waals surface area (Å²) in [5, 5.41) is -0.0898. The zero-order valence-corrected chi connectivity index (χ0v) is 13.0. The highest BCUT2D eigenvalue weighted by molar-refractivity contribution is 7.89. The van der Waals surface area contributed by atoms with Crippen LogP contribution in [0.25, 0.3) is 0 Å². The van der Waals surface area contributed by atoms with Gasteiger partial charge in [-0.2, -0.15) is 0 Å². The summed E-state index contributed by atoms with van der Waals surface area (Å²) in [4.78, 5) is 0.163. The van der Waals surface area contributed by atoms with Crippen molar-refractivity contribution in [2.24, 2.45) is 0 Å². The molecule has 20 heavy (non-hydrogen) atoms. The molecule has 0 aliphatic carbocycles. The van der Waals surface area contributed by atoms with Crippen molar-refractivity contribution in [3.63, 3.8) is 0 Å². The Morgan fingerprint density at radius 1 is 1.25 bits per heavy atom. The molecule has 7 heteroatoms. The Bertz CT molecular complexity index is 574. The average Bonchev–Trinajstić information content (AvgIpc) is 2.36. The number of ether oxygens (including phenoxy) is 2. The van der Waals surface area contributed by atoms with E-state index in [1.807, 2.05) is 6.92 Å². The standard InChI is InChI=1S/C13H18ClNO4S/c1-9(14)7-10(2)15-20(16,17)11-3-4-12-13(8-11)19-6-5-18-12/h3-4,8-10,15H,5-7H2,1-2H3. The molecule has 5 nitrogen and oxygen atoms in total. The molecule has 0 amide bonds. The molecule has 0 saturated heterocycles. The van der Waals surface area contributed by atoms with E-state index in [-0.39, 0.29) is 16.3 Å². The summed E-state index contributed by atoms with van der Waals surface area (Å²) < 4.78 is 37.9. The topological polar surface area (TPSA) is 64.6 Å². The number of fused-ring (bicyclic) bond motifs is 1. The van der Waals surface area contributed by atoms with Crippen molar-refractivity contribution < 1.29 is 17.9 Å². The molecule has 1 heterocycles. The molecule has 1 aromatic rings. The van der Waals surface area contributed by atoms with Crippen LogP contribution in [0.3, 0.4) is 0 Å². The molecule has 112 valence electrons. The van der Waals surface area contributed by atoms with Gasteiger partial charge in [-0.15, -0.1) is 11.6 Å². The van der Waals surface area contributed by atoms with Crippen molar-refractivity contribution in [1.29, 1.82) is 0 Å². The van der Waals surface area contributed by atoms with Gasteiger partial charge in [0.15, 0.2) is 11.5 Å². The summed E-state index contributed by atoms with van der Waals surface area (Å²) >= 11 is 5.87. The van der Waals surface area contributed by atoms with E-state index in [1.54, 1.807) is 13.0 Å². The molecule has 0 aromatic heterocycles. The fourth-order valence-corrected chi connectivity index (χ4v) is 3.60. The van der Waals surface area contributed by atoms with E-state index >= 15 is 0 Å². The fraction of sp³-hybridized carbons (Fsp3) is 0.538. The number of halogens is 1. The van der Waals surface area contributed by atoms with Crippen LogP contribution in [-0.4, -0.2) is 33.1 Å². The quantitative estimate of drug-likeness (QED) is 0.845. The van der Waals surface area contributed by atoms with Crippen molar-refractivity contribution in [2.45, 2.75) is 36.6 Å². The molecular formula is C13H18ClNO4S. The zero-order chi connectivity index (χ0) is 14.8. The van der Waals surface area contributed by atoms with Crippen molar-refractivity contribution in [3.05, 3.63) is 18.2 Å². The first kappa shape index (κ1) is 15.4. The van der Waals surface area contributed by atoms with E-state index in [9.17, 15) is 8.42 Å². The van der Waals surface area contributed by atoms with E-state index < -0.39 is 10.0 Å². The molecule has 0 radical (unpaired) electrons. The van der Waals surface area contributed by atoms with Gasteiger partial charge in [0.25, 0.3) is 0 Å². The number of sulfonamides is 1. The minimum absolute atomic E-state index is 0.0898. The summed E-state index contributed by atoms with van der Waals surface area (Å²) in [6, 6.07) is 4.36. The average molecular weight is 320 g/mol. The fourth-order valence-electron chi connectivity index (χ4n) is 2.06. The first-order chi connectivity index (χ1) is 9.38.